The summed E-state index contributed by atoms with van der Waals surface area (Å²) in [5, 5.41) is 8.87. The van der Waals surface area contributed by atoms with Crippen LogP contribution in [0.4, 0.5) is 0 Å². The molecule has 0 saturated carbocycles. The van der Waals surface area contributed by atoms with Gasteiger partial charge in [0, 0.05) is 5.56 Å². The van der Waals surface area contributed by atoms with Gasteiger partial charge in [0.2, 0.25) is 0 Å². The first-order valence-corrected chi connectivity index (χ1v) is 4.17. The molecule has 4 heteroatoms. The summed E-state index contributed by atoms with van der Waals surface area (Å²) >= 11 is 5.76. The smallest absolute Gasteiger partial charge is 0.162 e. The molecule has 0 atom stereocenters. The van der Waals surface area contributed by atoms with Crippen molar-refractivity contribution >= 4 is 23.7 Å². The lowest BCUT2D eigenvalue weighted by Crippen LogP contribution is -1.99. The molecule has 0 aromatic heterocycles. The number of hydrogen-bond acceptors (Lipinski definition) is 3. The fourth-order valence-corrected chi connectivity index (χ4v) is 1.50. The van der Waals surface area contributed by atoms with Gasteiger partial charge >= 0.3 is 0 Å². The molecular formula is C10H6ClNO2. The molecule has 0 heterocycles. The van der Waals surface area contributed by atoms with Gasteiger partial charge in [0.05, 0.1) is 22.2 Å². The third-order valence-electron chi connectivity index (χ3n) is 1.72. The van der Waals surface area contributed by atoms with E-state index in [9.17, 15) is 9.59 Å². The number of rotatable bonds is 2. The lowest BCUT2D eigenvalue weighted by atomic mass is 10.0. The number of halogens is 1. The number of ketones is 1. The van der Waals surface area contributed by atoms with Crippen LogP contribution in [0.2, 0.25) is 5.02 Å². The van der Waals surface area contributed by atoms with Crippen LogP contribution in [-0.4, -0.2) is 12.1 Å². The second-order valence-electron chi connectivity index (χ2n) is 2.71. The van der Waals surface area contributed by atoms with Gasteiger partial charge in [0.15, 0.2) is 5.78 Å². The SMILES string of the molecule is CC(=O)c1c(Cl)cc(C=O)cc1C#N. The van der Waals surface area contributed by atoms with Crippen molar-refractivity contribution < 1.29 is 9.59 Å². The van der Waals surface area contributed by atoms with Gasteiger partial charge in [0.25, 0.3) is 0 Å². The molecule has 0 fully saturated rings. The van der Waals surface area contributed by atoms with Crippen molar-refractivity contribution in [3.05, 3.63) is 33.8 Å². The van der Waals surface area contributed by atoms with Crippen molar-refractivity contribution in [3.63, 3.8) is 0 Å². The first kappa shape index (κ1) is 10.4. The molecule has 14 heavy (non-hydrogen) atoms. The minimum absolute atomic E-state index is 0.132. The van der Waals surface area contributed by atoms with Crippen molar-refractivity contribution in [1.82, 2.24) is 0 Å². The van der Waals surface area contributed by atoms with Crippen LogP contribution in [0.1, 0.15) is 33.2 Å². The Morgan fingerprint density at radius 2 is 2.21 bits per heavy atom. The van der Waals surface area contributed by atoms with Crippen molar-refractivity contribution in [1.29, 1.82) is 5.26 Å². The topological polar surface area (TPSA) is 57.9 Å². The first-order valence-electron chi connectivity index (χ1n) is 3.80. The molecule has 3 nitrogen and oxygen atoms in total. The zero-order valence-electron chi connectivity index (χ0n) is 7.37. The quantitative estimate of drug-likeness (QED) is 0.552. The van der Waals surface area contributed by atoms with E-state index in [0.717, 1.165) is 0 Å². The second kappa shape index (κ2) is 4.03. The zero-order chi connectivity index (χ0) is 10.7. The van der Waals surface area contributed by atoms with Crippen molar-refractivity contribution in [3.8, 4) is 6.07 Å². The second-order valence-corrected chi connectivity index (χ2v) is 3.12. The number of hydrogen-bond donors (Lipinski definition) is 0. The number of Topliss-reactive ketones (excluding diaryl/α,β-unsaturated/α-hetero) is 1. The molecule has 0 spiro atoms. The molecule has 0 unspecified atom stereocenters. The van der Waals surface area contributed by atoms with Gasteiger partial charge in [-0.3, -0.25) is 9.59 Å². The highest BCUT2D eigenvalue weighted by molar-refractivity contribution is 6.34. The summed E-state index contributed by atoms with van der Waals surface area (Å²) in [6, 6.07) is 4.54. The number of benzene rings is 1. The summed E-state index contributed by atoms with van der Waals surface area (Å²) in [6.07, 6.45) is 0.580. The molecule has 0 amide bonds. The van der Waals surface area contributed by atoms with Crippen LogP contribution in [0.25, 0.3) is 0 Å². The first-order chi connectivity index (χ1) is 6.60. The van der Waals surface area contributed by atoms with Gasteiger partial charge < -0.3 is 0 Å². The Balaban J connectivity index is 3.52. The van der Waals surface area contributed by atoms with E-state index in [4.69, 9.17) is 16.9 Å². The van der Waals surface area contributed by atoms with Gasteiger partial charge in [-0.05, 0) is 19.1 Å². The van der Waals surface area contributed by atoms with Crippen LogP contribution in [-0.2, 0) is 0 Å². The number of carbonyl (C=O) groups is 2. The zero-order valence-corrected chi connectivity index (χ0v) is 8.13. The lowest BCUT2D eigenvalue weighted by Gasteiger charge is -2.03. The maximum absolute atomic E-state index is 11.1. The van der Waals surface area contributed by atoms with Crippen LogP contribution in [0.5, 0.6) is 0 Å². The average molecular weight is 208 g/mol. The van der Waals surface area contributed by atoms with Gasteiger partial charge in [-0.1, -0.05) is 11.6 Å². The van der Waals surface area contributed by atoms with E-state index >= 15 is 0 Å². The predicted octanol–water partition coefficient (Wildman–Crippen LogP) is 2.23. The van der Waals surface area contributed by atoms with Crippen LogP contribution < -0.4 is 0 Å². The minimum atomic E-state index is -0.288. The molecular weight excluding hydrogens is 202 g/mol. The largest absolute Gasteiger partial charge is 0.298 e. The van der Waals surface area contributed by atoms with Crippen LogP contribution in [0, 0.1) is 11.3 Å². The maximum Gasteiger partial charge on any atom is 0.162 e. The molecule has 1 aromatic rings. The molecule has 0 saturated heterocycles. The monoisotopic (exact) mass is 207 g/mol. The summed E-state index contributed by atoms with van der Waals surface area (Å²) in [5.41, 5.74) is 0.586. The normalized spacial score (nSPS) is 9.21. The van der Waals surface area contributed by atoms with E-state index in [-0.39, 0.29) is 27.5 Å². The van der Waals surface area contributed by atoms with Crippen molar-refractivity contribution in [2.24, 2.45) is 0 Å². The average Bonchev–Trinajstić information content (AvgIpc) is 2.15. The standard InChI is InChI=1S/C10H6ClNO2/c1-6(14)10-8(4-12)2-7(5-13)3-9(10)11/h2-3,5H,1H3. The Morgan fingerprint density at radius 3 is 2.64 bits per heavy atom. The molecule has 1 rings (SSSR count). The molecule has 0 N–H and O–H groups in total. The number of nitrogens with zero attached hydrogens (tertiary/aromatic N) is 1. The minimum Gasteiger partial charge on any atom is -0.298 e. The summed E-state index contributed by atoms with van der Waals surface area (Å²) in [7, 11) is 0. The Bertz CT molecular complexity index is 446. The van der Waals surface area contributed by atoms with E-state index < -0.39 is 0 Å². The summed E-state index contributed by atoms with van der Waals surface area (Å²) in [5.74, 6) is -0.288. The van der Waals surface area contributed by atoms with E-state index in [0.29, 0.717) is 6.29 Å². The van der Waals surface area contributed by atoms with Gasteiger partial charge in [-0.2, -0.15) is 5.26 Å². The number of carbonyl (C=O) groups excluding carboxylic acids is 2. The number of nitriles is 1. The Morgan fingerprint density at radius 1 is 1.57 bits per heavy atom. The molecule has 70 valence electrons. The lowest BCUT2D eigenvalue weighted by molar-refractivity contribution is 0.101. The van der Waals surface area contributed by atoms with E-state index in [1.165, 1.54) is 19.1 Å². The van der Waals surface area contributed by atoms with E-state index in [1.54, 1.807) is 0 Å². The molecule has 0 aliphatic rings. The fraction of sp³-hybridized carbons (Fsp3) is 0.100. The Hall–Kier alpha value is -1.66. The van der Waals surface area contributed by atoms with Crippen LogP contribution >= 0.6 is 11.6 Å². The summed E-state index contributed by atoms with van der Waals surface area (Å²) in [6.45, 7) is 1.32. The molecule has 0 aliphatic heterocycles. The third-order valence-corrected chi connectivity index (χ3v) is 2.02. The molecule has 1 aromatic carbocycles. The predicted molar refractivity (Wildman–Crippen MR) is 51.6 cm³/mol. The molecule has 0 bridgehead atoms. The highest BCUT2D eigenvalue weighted by Crippen LogP contribution is 2.22. The van der Waals surface area contributed by atoms with E-state index in [2.05, 4.69) is 0 Å². The Labute approximate surface area is 85.9 Å². The van der Waals surface area contributed by atoms with Crippen molar-refractivity contribution in [2.75, 3.05) is 0 Å². The number of aldehydes is 1. The van der Waals surface area contributed by atoms with E-state index in [1.807, 2.05) is 6.07 Å². The van der Waals surface area contributed by atoms with Gasteiger partial charge in [0.1, 0.15) is 6.29 Å². The highest BCUT2D eigenvalue weighted by Gasteiger charge is 2.12. The van der Waals surface area contributed by atoms with Crippen LogP contribution in [0.3, 0.4) is 0 Å². The highest BCUT2D eigenvalue weighted by atomic mass is 35.5. The Kier molecular flexibility index (Phi) is 3.00. The summed E-state index contributed by atoms with van der Waals surface area (Å²) in [4.78, 5) is 21.6. The maximum atomic E-state index is 11.1. The van der Waals surface area contributed by atoms with Gasteiger partial charge in [-0.25, -0.2) is 0 Å². The fourth-order valence-electron chi connectivity index (χ4n) is 1.14. The molecule has 0 radical (unpaired) electrons. The summed E-state index contributed by atoms with van der Waals surface area (Å²) < 4.78 is 0. The van der Waals surface area contributed by atoms with Gasteiger partial charge in [-0.15, -0.1) is 0 Å². The van der Waals surface area contributed by atoms with Crippen LogP contribution in [0.15, 0.2) is 12.1 Å². The van der Waals surface area contributed by atoms with Crippen molar-refractivity contribution in [2.45, 2.75) is 6.92 Å². The molecule has 0 aliphatic carbocycles. The third kappa shape index (κ3) is 1.81.